The number of benzene rings is 1. The second-order valence-corrected chi connectivity index (χ2v) is 5.16. The number of aromatic nitrogens is 2. The van der Waals surface area contributed by atoms with E-state index < -0.39 is 32.7 Å². The van der Waals surface area contributed by atoms with Crippen LogP contribution in [-0.2, 0) is 10.1 Å². The molecule has 1 aromatic heterocycles. The lowest BCUT2D eigenvalue weighted by Gasteiger charge is -2.08. The molecule has 0 saturated carbocycles. The molecule has 0 unspecified atom stereocenters. The van der Waals surface area contributed by atoms with Gasteiger partial charge in [0.2, 0.25) is 5.95 Å². The van der Waals surface area contributed by atoms with Gasteiger partial charge in [-0.2, -0.15) is 27.2 Å². The Hall–Kier alpha value is -2.33. The van der Waals surface area contributed by atoms with E-state index in [0.29, 0.717) is 0 Å². The van der Waals surface area contributed by atoms with Crippen LogP contribution in [0.1, 0.15) is 0 Å². The second-order valence-electron chi connectivity index (χ2n) is 3.77. The average molecular weight is 302 g/mol. The first kappa shape index (κ1) is 14.1. The zero-order chi connectivity index (χ0) is 15.1. The van der Waals surface area contributed by atoms with Gasteiger partial charge in [-0.3, -0.25) is 4.55 Å². The van der Waals surface area contributed by atoms with Crippen molar-refractivity contribution in [1.82, 2.24) is 9.97 Å². The van der Waals surface area contributed by atoms with Crippen LogP contribution in [0, 0.1) is 12.0 Å². The van der Waals surface area contributed by atoms with E-state index in [4.69, 9.17) is 16.0 Å². The number of rotatable bonds is 2. The van der Waals surface area contributed by atoms with E-state index in [1.54, 1.807) is 0 Å². The van der Waals surface area contributed by atoms with E-state index in [2.05, 4.69) is 9.97 Å². The second kappa shape index (κ2) is 4.65. The molecule has 10 heteroatoms. The molecule has 0 bridgehead atoms. The molecule has 0 radical (unpaired) electrons. The van der Waals surface area contributed by atoms with Crippen LogP contribution >= 0.6 is 0 Å². The fourth-order valence-electron chi connectivity index (χ4n) is 1.57. The highest BCUT2D eigenvalue weighted by Gasteiger charge is 2.18. The Bertz CT molecular complexity index is 795. The van der Waals surface area contributed by atoms with E-state index in [9.17, 15) is 17.2 Å². The molecule has 0 aliphatic carbocycles. The molecule has 0 spiro atoms. The van der Waals surface area contributed by atoms with E-state index in [1.165, 1.54) is 0 Å². The van der Waals surface area contributed by atoms with Crippen molar-refractivity contribution in [2.45, 2.75) is 4.90 Å². The van der Waals surface area contributed by atoms with Gasteiger partial charge in [-0.25, -0.2) is 0 Å². The Balaban J connectivity index is 2.64. The molecule has 2 rings (SSSR count). The van der Waals surface area contributed by atoms with Gasteiger partial charge in [0.05, 0.1) is 5.69 Å². The molecule has 0 aliphatic heterocycles. The predicted octanol–water partition coefficient (Wildman–Crippen LogP) is 0.833. The fraction of sp³-hybridized carbons (Fsp3) is 0. The highest BCUT2D eigenvalue weighted by atomic mass is 32.2. The Kier molecular flexibility index (Phi) is 3.28. The predicted molar refractivity (Wildman–Crippen MR) is 66.0 cm³/mol. The summed E-state index contributed by atoms with van der Waals surface area (Å²) in [6, 6.07) is 3.19. The van der Waals surface area contributed by atoms with Crippen LogP contribution in [0.2, 0.25) is 0 Å². The van der Waals surface area contributed by atoms with E-state index in [1.807, 2.05) is 0 Å². The number of hydrogen-bond acceptors (Lipinski definition) is 6. The monoisotopic (exact) mass is 302 g/mol. The lowest BCUT2D eigenvalue weighted by molar-refractivity contribution is 0.483. The first-order chi connectivity index (χ1) is 9.20. The van der Waals surface area contributed by atoms with Gasteiger partial charge in [-0.1, -0.05) is 6.07 Å². The molecule has 0 saturated heterocycles. The zero-order valence-electron chi connectivity index (χ0n) is 9.71. The minimum atomic E-state index is -4.50. The summed E-state index contributed by atoms with van der Waals surface area (Å²) in [6.45, 7) is 0. The van der Waals surface area contributed by atoms with Crippen LogP contribution < -0.4 is 11.5 Å². The van der Waals surface area contributed by atoms with Crippen molar-refractivity contribution in [2.24, 2.45) is 0 Å². The summed E-state index contributed by atoms with van der Waals surface area (Å²) in [5.41, 5.74) is 9.82. The molecule has 0 atom stereocenters. The summed E-state index contributed by atoms with van der Waals surface area (Å²) in [6.07, 6.45) is -1.33. The van der Waals surface area contributed by atoms with Crippen molar-refractivity contribution in [1.29, 1.82) is 0 Å². The van der Waals surface area contributed by atoms with Crippen molar-refractivity contribution < 1.29 is 21.8 Å². The lowest BCUT2D eigenvalue weighted by Crippen LogP contribution is -2.06. The van der Waals surface area contributed by atoms with Crippen LogP contribution in [-0.4, -0.2) is 22.9 Å². The summed E-state index contributed by atoms with van der Waals surface area (Å²) in [4.78, 5) is 5.60. The van der Waals surface area contributed by atoms with Crippen LogP contribution in [0.5, 0.6) is 0 Å². The summed E-state index contributed by atoms with van der Waals surface area (Å²) in [5.74, 6) is -1.25. The smallest absolute Gasteiger partial charge is 0.311 e. The Morgan fingerprint density at radius 2 is 1.80 bits per heavy atom. The molecule has 2 aromatic rings. The van der Waals surface area contributed by atoms with Crippen molar-refractivity contribution in [2.75, 3.05) is 11.5 Å². The molecule has 0 fully saturated rings. The molecule has 20 heavy (non-hydrogen) atoms. The summed E-state index contributed by atoms with van der Waals surface area (Å²) >= 11 is 0. The number of anilines is 2. The summed E-state index contributed by atoms with van der Waals surface area (Å²) in [5, 5.41) is 0. The number of nitrogens with zero attached hydrogens (tertiary/aromatic N) is 2. The van der Waals surface area contributed by atoms with Crippen LogP contribution in [0.3, 0.4) is 0 Å². The van der Waals surface area contributed by atoms with Crippen molar-refractivity contribution in [3.63, 3.8) is 0 Å². The summed E-state index contributed by atoms with van der Waals surface area (Å²) in [7, 11) is -4.50. The van der Waals surface area contributed by atoms with E-state index in [-0.39, 0.29) is 16.9 Å². The Morgan fingerprint density at radius 3 is 2.35 bits per heavy atom. The van der Waals surface area contributed by atoms with Crippen molar-refractivity contribution in [3.8, 4) is 11.3 Å². The number of nitrogen functional groups attached to an aromatic ring is 2. The standard InChI is InChI=1S/C10H8F2N4O3S/c11-9-7(14)8(15-10(12)16-9)4-1-2-6(5(13)3-4)20(17,18)19/h1-3H,13-14H2,(H,17,18,19). The third-order valence-corrected chi connectivity index (χ3v) is 3.36. The molecule has 1 aromatic carbocycles. The molecule has 5 N–H and O–H groups in total. The zero-order valence-corrected chi connectivity index (χ0v) is 10.5. The molecule has 7 nitrogen and oxygen atoms in total. The van der Waals surface area contributed by atoms with Crippen LogP contribution in [0.4, 0.5) is 20.2 Å². The largest absolute Gasteiger partial charge is 0.398 e. The lowest BCUT2D eigenvalue weighted by atomic mass is 10.1. The highest BCUT2D eigenvalue weighted by molar-refractivity contribution is 7.86. The molecular formula is C10H8F2N4O3S. The molecule has 0 amide bonds. The van der Waals surface area contributed by atoms with Gasteiger partial charge in [-0.05, 0) is 12.1 Å². The van der Waals surface area contributed by atoms with Gasteiger partial charge in [0.25, 0.3) is 10.1 Å². The normalized spacial score (nSPS) is 11.6. The van der Waals surface area contributed by atoms with Gasteiger partial charge < -0.3 is 11.5 Å². The van der Waals surface area contributed by atoms with Gasteiger partial charge in [0.15, 0.2) is 0 Å². The Labute approximate surface area is 112 Å². The number of hydrogen-bond donors (Lipinski definition) is 3. The first-order valence-electron chi connectivity index (χ1n) is 5.06. The maximum Gasteiger partial charge on any atom is 0.311 e. The number of nitrogens with two attached hydrogens (primary N) is 2. The first-order valence-corrected chi connectivity index (χ1v) is 6.50. The maximum atomic E-state index is 13.2. The molecule has 0 aliphatic rings. The molecule has 106 valence electrons. The van der Waals surface area contributed by atoms with E-state index >= 15 is 0 Å². The third-order valence-electron chi connectivity index (χ3n) is 2.43. The topological polar surface area (TPSA) is 132 Å². The van der Waals surface area contributed by atoms with Crippen molar-refractivity contribution >= 4 is 21.5 Å². The third kappa shape index (κ3) is 2.51. The average Bonchev–Trinajstić information content (AvgIpc) is 2.32. The quantitative estimate of drug-likeness (QED) is 0.324. The summed E-state index contributed by atoms with van der Waals surface area (Å²) < 4.78 is 57.0. The van der Waals surface area contributed by atoms with Gasteiger partial charge in [0.1, 0.15) is 16.3 Å². The van der Waals surface area contributed by atoms with Gasteiger partial charge in [0, 0.05) is 5.56 Å². The molecule has 1 heterocycles. The van der Waals surface area contributed by atoms with Crippen LogP contribution in [0.15, 0.2) is 23.1 Å². The van der Waals surface area contributed by atoms with Gasteiger partial charge in [-0.15, -0.1) is 0 Å². The Morgan fingerprint density at radius 1 is 1.15 bits per heavy atom. The minimum Gasteiger partial charge on any atom is -0.398 e. The number of halogens is 2. The van der Waals surface area contributed by atoms with E-state index in [0.717, 1.165) is 18.2 Å². The molecular weight excluding hydrogens is 294 g/mol. The maximum absolute atomic E-state index is 13.2. The van der Waals surface area contributed by atoms with Crippen LogP contribution in [0.25, 0.3) is 11.3 Å². The van der Waals surface area contributed by atoms with Gasteiger partial charge >= 0.3 is 6.08 Å². The fourth-order valence-corrected chi connectivity index (χ4v) is 2.16. The SMILES string of the molecule is Nc1cc(-c2nc(F)nc(F)c2N)ccc1S(=O)(=O)O. The van der Waals surface area contributed by atoms with Crippen molar-refractivity contribution in [3.05, 3.63) is 30.2 Å². The highest BCUT2D eigenvalue weighted by Crippen LogP contribution is 2.29. The minimum absolute atomic E-state index is 0.0765.